The monoisotopic (exact) mass is 220 g/mol. The summed E-state index contributed by atoms with van der Waals surface area (Å²) in [5.74, 6) is 6.11. The van der Waals surface area contributed by atoms with E-state index in [9.17, 15) is 4.79 Å². The van der Waals surface area contributed by atoms with Crippen LogP contribution >= 0.6 is 0 Å². The SMILES string of the molecule is NNc1ccc(CN2CCCCC2=O)cn1. The molecular formula is C11H16N4O. The number of hydrogen-bond acceptors (Lipinski definition) is 4. The summed E-state index contributed by atoms with van der Waals surface area (Å²) >= 11 is 0. The minimum Gasteiger partial charge on any atom is -0.338 e. The predicted octanol–water partition coefficient (Wildman–Crippen LogP) is 0.880. The number of carbonyl (C=O) groups is 1. The zero-order valence-corrected chi connectivity index (χ0v) is 9.15. The van der Waals surface area contributed by atoms with Crippen molar-refractivity contribution in [2.75, 3.05) is 12.0 Å². The van der Waals surface area contributed by atoms with Crippen LogP contribution in [0.5, 0.6) is 0 Å². The van der Waals surface area contributed by atoms with Crippen LogP contribution in [-0.4, -0.2) is 22.3 Å². The molecule has 0 bridgehead atoms. The van der Waals surface area contributed by atoms with Gasteiger partial charge in [0.1, 0.15) is 5.82 Å². The van der Waals surface area contributed by atoms with E-state index in [-0.39, 0.29) is 5.91 Å². The molecule has 5 heteroatoms. The molecule has 1 amide bonds. The Labute approximate surface area is 94.6 Å². The first-order valence-electron chi connectivity index (χ1n) is 5.49. The topological polar surface area (TPSA) is 71.2 Å². The van der Waals surface area contributed by atoms with Gasteiger partial charge in [0.05, 0.1) is 0 Å². The molecule has 0 radical (unpaired) electrons. The van der Waals surface area contributed by atoms with E-state index in [0.717, 1.165) is 24.9 Å². The second-order valence-corrected chi connectivity index (χ2v) is 3.97. The first kappa shape index (κ1) is 10.9. The number of nitrogens with zero attached hydrogens (tertiary/aromatic N) is 2. The minimum absolute atomic E-state index is 0.243. The number of rotatable bonds is 3. The summed E-state index contributed by atoms with van der Waals surface area (Å²) in [6.45, 7) is 1.51. The number of amides is 1. The third-order valence-corrected chi connectivity index (χ3v) is 2.77. The van der Waals surface area contributed by atoms with Gasteiger partial charge in [-0.1, -0.05) is 6.07 Å². The summed E-state index contributed by atoms with van der Waals surface area (Å²) in [5.41, 5.74) is 3.51. The molecule has 1 saturated heterocycles. The lowest BCUT2D eigenvalue weighted by atomic mass is 10.1. The molecular weight excluding hydrogens is 204 g/mol. The minimum atomic E-state index is 0.243. The van der Waals surface area contributed by atoms with E-state index in [1.54, 1.807) is 6.20 Å². The maximum Gasteiger partial charge on any atom is 0.222 e. The number of likely N-dealkylation sites (tertiary alicyclic amines) is 1. The first-order chi connectivity index (χ1) is 7.79. The lowest BCUT2D eigenvalue weighted by molar-refractivity contribution is -0.133. The molecule has 2 rings (SSSR count). The Morgan fingerprint density at radius 1 is 1.44 bits per heavy atom. The molecule has 0 unspecified atom stereocenters. The van der Waals surface area contributed by atoms with E-state index in [4.69, 9.17) is 5.84 Å². The summed E-state index contributed by atoms with van der Waals surface area (Å²) in [6, 6.07) is 3.74. The Morgan fingerprint density at radius 2 is 2.31 bits per heavy atom. The Kier molecular flexibility index (Phi) is 3.36. The highest BCUT2D eigenvalue weighted by Gasteiger charge is 2.17. The van der Waals surface area contributed by atoms with Gasteiger partial charge < -0.3 is 10.3 Å². The first-order valence-corrected chi connectivity index (χ1v) is 5.49. The smallest absolute Gasteiger partial charge is 0.222 e. The van der Waals surface area contributed by atoms with E-state index in [0.29, 0.717) is 18.8 Å². The highest BCUT2D eigenvalue weighted by molar-refractivity contribution is 5.76. The highest BCUT2D eigenvalue weighted by atomic mass is 16.2. The highest BCUT2D eigenvalue weighted by Crippen LogP contribution is 2.14. The second kappa shape index (κ2) is 4.94. The zero-order valence-electron chi connectivity index (χ0n) is 9.15. The summed E-state index contributed by atoms with van der Waals surface area (Å²) in [4.78, 5) is 17.6. The zero-order chi connectivity index (χ0) is 11.4. The number of carbonyl (C=O) groups excluding carboxylic acids is 1. The fourth-order valence-electron chi connectivity index (χ4n) is 1.85. The molecule has 2 heterocycles. The van der Waals surface area contributed by atoms with Crippen LogP contribution in [0.1, 0.15) is 24.8 Å². The molecule has 0 aromatic carbocycles. The van der Waals surface area contributed by atoms with Crippen molar-refractivity contribution in [1.29, 1.82) is 0 Å². The molecule has 0 aliphatic carbocycles. The normalized spacial score (nSPS) is 16.3. The number of nitrogens with one attached hydrogen (secondary N) is 1. The van der Waals surface area contributed by atoms with Gasteiger partial charge in [-0.25, -0.2) is 10.8 Å². The van der Waals surface area contributed by atoms with Crippen LogP contribution in [-0.2, 0) is 11.3 Å². The van der Waals surface area contributed by atoms with Crippen molar-refractivity contribution in [3.8, 4) is 0 Å². The summed E-state index contributed by atoms with van der Waals surface area (Å²) in [5, 5.41) is 0. The number of nitrogen functional groups attached to an aromatic ring is 1. The van der Waals surface area contributed by atoms with Crippen LogP contribution in [0.2, 0.25) is 0 Å². The third kappa shape index (κ3) is 2.49. The predicted molar refractivity (Wildman–Crippen MR) is 61.3 cm³/mol. The Bertz CT molecular complexity index is 363. The fraction of sp³-hybridized carbons (Fsp3) is 0.455. The van der Waals surface area contributed by atoms with Gasteiger partial charge in [-0.15, -0.1) is 0 Å². The molecule has 0 saturated carbocycles. The van der Waals surface area contributed by atoms with Crippen LogP contribution < -0.4 is 11.3 Å². The largest absolute Gasteiger partial charge is 0.338 e. The quantitative estimate of drug-likeness (QED) is 0.586. The summed E-state index contributed by atoms with van der Waals surface area (Å²) < 4.78 is 0. The molecule has 5 nitrogen and oxygen atoms in total. The standard InChI is InChI=1S/C11H16N4O/c12-14-10-5-4-9(7-13-10)8-15-6-2-1-3-11(15)16/h4-5,7H,1-3,6,8,12H2,(H,13,14). The number of aromatic nitrogens is 1. The number of piperidine rings is 1. The molecule has 16 heavy (non-hydrogen) atoms. The van der Waals surface area contributed by atoms with Gasteiger partial charge in [0.25, 0.3) is 0 Å². The van der Waals surface area contributed by atoms with E-state index >= 15 is 0 Å². The van der Waals surface area contributed by atoms with Gasteiger partial charge in [-0.05, 0) is 24.5 Å². The van der Waals surface area contributed by atoms with E-state index in [1.807, 2.05) is 17.0 Å². The maximum absolute atomic E-state index is 11.6. The van der Waals surface area contributed by atoms with Crippen molar-refractivity contribution in [2.24, 2.45) is 5.84 Å². The number of hydrogen-bond donors (Lipinski definition) is 2. The lowest BCUT2D eigenvalue weighted by Gasteiger charge is -2.26. The van der Waals surface area contributed by atoms with E-state index in [1.165, 1.54) is 0 Å². The summed E-state index contributed by atoms with van der Waals surface area (Å²) in [7, 11) is 0. The van der Waals surface area contributed by atoms with Crippen molar-refractivity contribution >= 4 is 11.7 Å². The Balaban J connectivity index is 1.99. The average Bonchev–Trinajstić information content (AvgIpc) is 2.33. The van der Waals surface area contributed by atoms with Crippen molar-refractivity contribution in [2.45, 2.75) is 25.8 Å². The number of anilines is 1. The molecule has 86 valence electrons. The molecule has 1 aromatic heterocycles. The van der Waals surface area contributed by atoms with E-state index < -0.39 is 0 Å². The lowest BCUT2D eigenvalue weighted by Crippen LogP contribution is -2.34. The van der Waals surface area contributed by atoms with Crippen LogP contribution in [0.15, 0.2) is 18.3 Å². The number of nitrogens with two attached hydrogens (primary N) is 1. The second-order valence-electron chi connectivity index (χ2n) is 3.97. The van der Waals surface area contributed by atoms with Crippen molar-refractivity contribution in [3.63, 3.8) is 0 Å². The maximum atomic E-state index is 11.6. The fourth-order valence-corrected chi connectivity index (χ4v) is 1.85. The van der Waals surface area contributed by atoms with Crippen molar-refractivity contribution in [3.05, 3.63) is 23.9 Å². The van der Waals surface area contributed by atoms with Gasteiger partial charge in [0.2, 0.25) is 5.91 Å². The van der Waals surface area contributed by atoms with Crippen LogP contribution in [0, 0.1) is 0 Å². The van der Waals surface area contributed by atoms with Crippen molar-refractivity contribution < 1.29 is 4.79 Å². The number of hydrazine groups is 1. The Hall–Kier alpha value is -1.62. The van der Waals surface area contributed by atoms with E-state index in [2.05, 4.69) is 10.4 Å². The molecule has 1 aromatic rings. The van der Waals surface area contributed by atoms with Gasteiger partial charge in [0.15, 0.2) is 0 Å². The van der Waals surface area contributed by atoms with Gasteiger partial charge in [0, 0.05) is 25.7 Å². The van der Waals surface area contributed by atoms with Crippen LogP contribution in [0.25, 0.3) is 0 Å². The van der Waals surface area contributed by atoms with Gasteiger partial charge in [-0.2, -0.15) is 0 Å². The third-order valence-electron chi connectivity index (χ3n) is 2.77. The molecule has 1 fully saturated rings. The molecule has 0 atom stereocenters. The average molecular weight is 220 g/mol. The van der Waals surface area contributed by atoms with Crippen LogP contribution in [0.4, 0.5) is 5.82 Å². The Morgan fingerprint density at radius 3 is 2.94 bits per heavy atom. The molecule has 1 aliphatic heterocycles. The molecule has 0 spiro atoms. The van der Waals surface area contributed by atoms with Gasteiger partial charge in [-0.3, -0.25) is 4.79 Å². The number of pyridine rings is 1. The van der Waals surface area contributed by atoms with Gasteiger partial charge >= 0.3 is 0 Å². The van der Waals surface area contributed by atoms with Crippen molar-refractivity contribution in [1.82, 2.24) is 9.88 Å². The molecule has 1 aliphatic rings. The van der Waals surface area contributed by atoms with Crippen LogP contribution in [0.3, 0.4) is 0 Å². The molecule has 3 N–H and O–H groups in total. The summed E-state index contributed by atoms with van der Waals surface area (Å²) in [6.07, 6.45) is 4.54.